The van der Waals surface area contributed by atoms with Crippen molar-refractivity contribution in [2.24, 2.45) is 5.92 Å². The molecular weight excluding hydrogens is 252 g/mol. The van der Waals surface area contributed by atoms with Crippen molar-refractivity contribution in [2.75, 3.05) is 13.2 Å². The number of carbonyl (C=O) groups is 1. The predicted octanol–water partition coefficient (Wildman–Crippen LogP) is 1.98. The highest BCUT2D eigenvalue weighted by Gasteiger charge is 2.15. The summed E-state index contributed by atoms with van der Waals surface area (Å²) in [6.45, 7) is 1.88. The second kappa shape index (κ2) is 5.93. The van der Waals surface area contributed by atoms with Crippen molar-refractivity contribution in [1.29, 1.82) is 0 Å². The minimum absolute atomic E-state index is 0.0776. The van der Waals surface area contributed by atoms with Crippen LogP contribution >= 0.6 is 11.6 Å². The van der Waals surface area contributed by atoms with E-state index in [0.29, 0.717) is 0 Å². The Bertz CT molecular complexity index is 426. The summed E-state index contributed by atoms with van der Waals surface area (Å²) in [5.41, 5.74) is -0.129. The first kappa shape index (κ1) is 13.9. The molecule has 0 spiro atoms. The minimum atomic E-state index is -1.13. The normalized spacial score (nSPS) is 12.3. The summed E-state index contributed by atoms with van der Waals surface area (Å²) in [7, 11) is 0. The van der Waals surface area contributed by atoms with Gasteiger partial charge >= 0.3 is 0 Å². The van der Waals surface area contributed by atoms with Crippen molar-refractivity contribution >= 4 is 17.5 Å². The van der Waals surface area contributed by atoms with E-state index in [2.05, 4.69) is 5.32 Å². The SMILES string of the molecule is CC(CO)CNC(=O)c1cc(F)c(F)cc1Cl. The molecule has 1 aromatic rings. The van der Waals surface area contributed by atoms with Crippen LogP contribution in [0.2, 0.25) is 5.02 Å². The van der Waals surface area contributed by atoms with E-state index < -0.39 is 17.5 Å². The molecular formula is C11H12ClF2NO2. The van der Waals surface area contributed by atoms with Gasteiger partial charge < -0.3 is 10.4 Å². The summed E-state index contributed by atoms with van der Waals surface area (Å²) in [6, 6.07) is 1.50. The van der Waals surface area contributed by atoms with E-state index in [4.69, 9.17) is 16.7 Å². The standard InChI is InChI=1S/C11H12ClF2NO2/c1-6(5-16)4-15-11(17)7-2-9(13)10(14)3-8(7)12/h2-3,6,16H,4-5H2,1H3,(H,15,17). The smallest absolute Gasteiger partial charge is 0.252 e. The van der Waals surface area contributed by atoms with Crippen molar-refractivity contribution in [3.05, 3.63) is 34.4 Å². The number of rotatable bonds is 4. The zero-order chi connectivity index (χ0) is 13.0. The first-order chi connectivity index (χ1) is 7.95. The monoisotopic (exact) mass is 263 g/mol. The molecule has 17 heavy (non-hydrogen) atoms. The molecule has 2 N–H and O–H groups in total. The molecule has 0 saturated carbocycles. The van der Waals surface area contributed by atoms with Crippen LogP contribution in [0.15, 0.2) is 12.1 Å². The molecule has 0 saturated heterocycles. The fourth-order valence-electron chi connectivity index (χ4n) is 1.12. The average molecular weight is 264 g/mol. The van der Waals surface area contributed by atoms with Crippen LogP contribution in [0.4, 0.5) is 8.78 Å². The molecule has 0 fully saturated rings. The van der Waals surface area contributed by atoms with Gasteiger partial charge in [-0.2, -0.15) is 0 Å². The zero-order valence-corrected chi connectivity index (χ0v) is 9.89. The van der Waals surface area contributed by atoms with Crippen molar-refractivity contribution in [2.45, 2.75) is 6.92 Å². The van der Waals surface area contributed by atoms with Crippen molar-refractivity contribution < 1.29 is 18.7 Å². The molecule has 1 unspecified atom stereocenters. The summed E-state index contributed by atoms with van der Waals surface area (Å²) in [5.74, 6) is -2.96. The van der Waals surface area contributed by atoms with Gasteiger partial charge in [0, 0.05) is 13.2 Å². The largest absolute Gasteiger partial charge is 0.396 e. The quantitative estimate of drug-likeness (QED) is 0.816. The maximum atomic E-state index is 12.9. The van der Waals surface area contributed by atoms with E-state index in [-0.39, 0.29) is 29.7 Å². The third-order valence-electron chi connectivity index (χ3n) is 2.18. The average Bonchev–Trinajstić information content (AvgIpc) is 2.30. The summed E-state index contributed by atoms with van der Waals surface area (Å²) in [4.78, 5) is 11.6. The summed E-state index contributed by atoms with van der Waals surface area (Å²) in [5, 5.41) is 11.1. The van der Waals surface area contributed by atoms with Crippen molar-refractivity contribution in [3.8, 4) is 0 Å². The highest BCUT2D eigenvalue weighted by molar-refractivity contribution is 6.33. The molecule has 1 amide bonds. The Labute approximate surface area is 102 Å². The van der Waals surface area contributed by atoms with Crippen LogP contribution in [0, 0.1) is 17.6 Å². The van der Waals surface area contributed by atoms with E-state index in [1.165, 1.54) is 0 Å². The number of aliphatic hydroxyl groups is 1. The van der Waals surface area contributed by atoms with Gasteiger partial charge in [0.2, 0.25) is 0 Å². The van der Waals surface area contributed by atoms with Crippen LogP contribution in [0.1, 0.15) is 17.3 Å². The fourth-order valence-corrected chi connectivity index (χ4v) is 1.36. The third-order valence-corrected chi connectivity index (χ3v) is 2.49. The summed E-state index contributed by atoms with van der Waals surface area (Å²) < 4.78 is 25.7. The predicted molar refractivity (Wildman–Crippen MR) is 60.0 cm³/mol. The Morgan fingerprint density at radius 1 is 1.47 bits per heavy atom. The van der Waals surface area contributed by atoms with Crippen LogP contribution in [0.5, 0.6) is 0 Å². The number of amides is 1. The van der Waals surface area contributed by atoms with Gasteiger partial charge in [-0.15, -0.1) is 0 Å². The van der Waals surface area contributed by atoms with Crippen LogP contribution in [-0.2, 0) is 0 Å². The van der Waals surface area contributed by atoms with Crippen LogP contribution in [0.3, 0.4) is 0 Å². The van der Waals surface area contributed by atoms with Gasteiger partial charge in [-0.3, -0.25) is 4.79 Å². The number of nitrogens with one attached hydrogen (secondary N) is 1. The Morgan fingerprint density at radius 2 is 2.06 bits per heavy atom. The third kappa shape index (κ3) is 3.64. The molecule has 1 aromatic carbocycles. The molecule has 0 aromatic heterocycles. The lowest BCUT2D eigenvalue weighted by atomic mass is 10.1. The molecule has 94 valence electrons. The lowest BCUT2D eigenvalue weighted by molar-refractivity contribution is 0.0942. The van der Waals surface area contributed by atoms with Gasteiger partial charge in [0.15, 0.2) is 11.6 Å². The first-order valence-corrected chi connectivity index (χ1v) is 5.37. The lowest BCUT2D eigenvalue weighted by Crippen LogP contribution is -2.29. The van der Waals surface area contributed by atoms with E-state index in [0.717, 1.165) is 12.1 Å². The Kier molecular flexibility index (Phi) is 4.84. The summed E-state index contributed by atoms with van der Waals surface area (Å²) in [6.07, 6.45) is 0. The molecule has 3 nitrogen and oxygen atoms in total. The van der Waals surface area contributed by atoms with Crippen LogP contribution < -0.4 is 5.32 Å². The number of halogens is 3. The topological polar surface area (TPSA) is 49.3 Å². The molecule has 0 heterocycles. The van der Waals surface area contributed by atoms with Gasteiger partial charge in [-0.05, 0) is 18.1 Å². The lowest BCUT2D eigenvalue weighted by Gasteiger charge is -2.10. The Morgan fingerprint density at radius 3 is 2.65 bits per heavy atom. The number of aliphatic hydroxyl groups excluding tert-OH is 1. The first-order valence-electron chi connectivity index (χ1n) is 4.99. The summed E-state index contributed by atoms with van der Waals surface area (Å²) >= 11 is 5.63. The number of carbonyl (C=O) groups excluding carboxylic acids is 1. The number of hydrogen-bond acceptors (Lipinski definition) is 2. The second-order valence-electron chi connectivity index (χ2n) is 3.74. The van der Waals surface area contributed by atoms with E-state index in [1.807, 2.05) is 0 Å². The van der Waals surface area contributed by atoms with Crippen molar-refractivity contribution in [1.82, 2.24) is 5.32 Å². The van der Waals surface area contributed by atoms with Crippen molar-refractivity contribution in [3.63, 3.8) is 0 Å². The molecule has 1 rings (SSSR count). The minimum Gasteiger partial charge on any atom is -0.396 e. The number of benzene rings is 1. The van der Waals surface area contributed by atoms with Crippen LogP contribution in [-0.4, -0.2) is 24.2 Å². The van der Waals surface area contributed by atoms with Crippen LogP contribution in [0.25, 0.3) is 0 Å². The van der Waals surface area contributed by atoms with Gasteiger partial charge in [0.25, 0.3) is 5.91 Å². The van der Waals surface area contributed by atoms with E-state index in [1.54, 1.807) is 6.92 Å². The zero-order valence-electron chi connectivity index (χ0n) is 9.14. The van der Waals surface area contributed by atoms with Gasteiger partial charge in [0.05, 0.1) is 10.6 Å². The highest BCUT2D eigenvalue weighted by atomic mass is 35.5. The highest BCUT2D eigenvalue weighted by Crippen LogP contribution is 2.19. The molecule has 0 aliphatic heterocycles. The number of hydrogen-bond donors (Lipinski definition) is 2. The fraction of sp³-hybridized carbons (Fsp3) is 0.364. The van der Waals surface area contributed by atoms with Gasteiger partial charge in [0.1, 0.15) is 0 Å². The maximum absolute atomic E-state index is 12.9. The second-order valence-corrected chi connectivity index (χ2v) is 4.15. The molecule has 0 aliphatic rings. The van der Waals surface area contributed by atoms with Gasteiger partial charge in [-0.25, -0.2) is 8.78 Å². The Balaban J connectivity index is 2.79. The maximum Gasteiger partial charge on any atom is 0.252 e. The van der Waals surface area contributed by atoms with E-state index >= 15 is 0 Å². The Hall–Kier alpha value is -1.20. The molecule has 0 radical (unpaired) electrons. The van der Waals surface area contributed by atoms with E-state index in [9.17, 15) is 13.6 Å². The molecule has 0 aliphatic carbocycles. The molecule has 6 heteroatoms. The molecule has 0 bridgehead atoms. The van der Waals surface area contributed by atoms with Gasteiger partial charge in [-0.1, -0.05) is 18.5 Å². The molecule has 1 atom stereocenters.